The minimum absolute atomic E-state index is 0.0776. The number of fused-ring (bicyclic) bond motifs is 1. The zero-order chi connectivity index (χ0) is 14.3. The van der Waals surface area contributed by atoms with Gasteiger partial charge in [0.1, 0.15) is 0 Å². The van der Waals surface area contributed by atoms with Crippen LogP contribution in [0.3, 0.4) is 0 Å². The number of carbonyl (C=O) groups is 2. The highest BCUT2D eigenvalue weighted by Crippen LogP contribution is 2.28. The van der Waals surface area contributed by atoms with Crippen molar-refractivity contribution in [1.82, 2.24) is 0 Å². The number of nitrogens with two attached hydrogens (primary N) is 1. The van der Waals surface area contributed by atoms with Gasteiger partial charge in [-0.1, -0.05) is 24.3 Å². The maximum atomic E-state index is 12.3. The standard InChI is InChI=1S/C16H14N2O2/c1-10(17)11-6-8-12(9-7-11)18-15(19)13-4-2-3-5-14(13)16(18)20/h2-10H,17H2,1H3. The summed E-state index contributed by atoms with van der Waals surface area (Å²) in [7, 11) is 0. The molecule has 1 heterocycles. The second-order valence-electron chi connectivity index (χ2n) is 4.87. The van der Waals surface area contributed by atoms with E-state index in [0.717, 1.165) is 5.56 Å². The van der Waals surface area contributed by atoms with Crippen LogP contribution < -0.4 is 10.6 Å². The Morgan fingerprint density at radius 3 is 1.85 bits per heavy atom. The Balaban J connectivity index is 2.00. The van der Waals surface area contributed by atoms with E-state index in [1.54, 1.807) is 36.4 Å². The summed E-state index contributed by atoms with van der Waals surface area (Å²) < 4.78 is 0. The van der Waals surface area contributed by atoms with Crippen LogP contribution >= 0.6 is 0 Å². The number of amides is 2. The van der Waals surface area contributed by atoms with Crippen molar-refractivity contribution in [2.45, 2.75) is 13.0 Å². The maximum absolute atomic E-state index is 12.3. The highest BCUT2D eigenvalue weighted by molar-refractivity contribution is 6.34. The topological polar surface area (TPSA) is 63.4 Å². The number of carbonyl (C=O) groups excluding carboxylic acids is 2. The summed E-state index contributed by atoms with van der Waals surface area (Å²) in [5.74, 6) is -0.557. The molecule has 2 amide bonds. The predicted molar refractivity (Wildman–Crippen MR) is 76.6 cm³/mol. The van der Waals surface area contributed by atoms with Gasteiger partial charge in [-0.3, -0.25) is 9.59 Å². The lowest BCUT2D eigenvalue weighted by molar-refractivity contribution is 0.0926. The smallest absolute Gasteiger partial charge is 0.266 e. The van der Waals surface area contributed by atoms with Gasteiger partial charge in [0, 0.05) is 6.04 Å². The Bertz CT molecular complexity index is 655. The fourth-order valence-corrected chi connectivity index (χ4v) is 2.35. The average molecular weight is 266 g/mol. The summed E-state index contributed by atoms with van der Waals surface area (Å²) in [6.45, 7) is 1.89. The molecular weight excluding hydrogens is 252 g/mol. The molecule has 4 nitrogen and oxygen atoms in total. The number of nitrogens with zero attached hydrogens (tertiary/aromatic N) is 1. The second kappa shape index (κ2) is 4.58. The number of hydrogen-bond acceptors (Lipinski definition) is 3. The highest BCUT2D eigenvalue weighted by Gasteiger charge is 2.36. The molecule has 3 rings (SSSR count). The molecule has 0 saturated carbocycles. The molecule has 1 aliphatic rings. The van der Waals surface area contributed by atoms with Crippen LogP contribution in [0.1, 0.15) is 39.2 Å². The van der Waals surface area contributed by atoms with Gasteiger partial charge in [-0.15, -0.1) is 0 Å². The van der Waals surface area contributed by atoms with Crippen molar-refractivity contribution in [3.05, 3.63) is 65.2 Å². The number of hydrogen-bond donors (Lipinski definition) is 1. The second-order valence-corrected chi connectivity index (χ2v) is 4.87. The molecule has 0 aromatic heterocycles. The summed E-state index contributed by atoms with van der Waals surface area (Å²) in [4.78, 5) is 25.8. The summed E-state index contributed by atoms with van der Waals surface area (Å²) in [6, 6.07) is 14.0. The molecule has 100 valence electrons. The lowest BCUT2D eigenvalue weighted by Crippen LogP contribution is -2.29. The maximum Gasteiger partial charge on any atom is 0.266 e. The van der Waals surface area contributed by atoms with Crippen LogP contribution in [-0.4, -0.2) is 11.8 Å². The Kier molecular flexibility index (Phi) is 2.88. The van der Waals surface area contributed by atoms with E-state index in [9.17, 15) is 9.59 Å². The van der Waals surface area contributed by atoms with E-state index in [-0.39, 0.29) is 17.9 Å². The first-order valence-corrected chi connectivity index (χ1v) is 6.43. The van der Waals surface area contributed by atoms with E-state index in [0.29, 0.717) is 16.8 Å². The Morgan fingerprint density at radius 2 is 1.40 bits per heavy atom. The summed E-state index contributed by atoms with van der Waals surface area (Å²) in [5.41, 5.74) is 8.23. The zero-order valence-corrected chi connectivity index (χ0v) is 11.0. The quantitative estimate of drug-likeness (QED) is 0.849. The van der Waals surface area contributed by atoms with E-state index in [1.807, 2.05) is 19.1 Å². The van der Waals surface area contributed by atoms with Gasteiger partial charge in [0.2, 0.25) is 0 Å². The van der Waals surface area contributed by atoms with Gasteiger partial charge in [-0.2, -0.15) is 0 Å². The van der Waals surface area contributed by atoms with Gasteiger partial charge in [0.05, 0.1) is 16.8 Å². The van der Waals surface area contributed by atoms with Crippen molar-refractivity contribution < 1.29 is 9.59 Å². The van der Waals surface area contributed by atoms with Crippen LogP contribution in [-0.2, 0) is 0 Å². The van der Waals surface area contributed by atoms with Crippen molar-refractivity contribution in [2.75, 3.05) is 4.90 Å². The van der Waals surface area contributed by atoms with Gasteiger partial charge in [0.25, 0.3) is 11.8 Å². The van der Waals surface area contributed by atoms with Gasteiger partial charge in [0.15, 0.2) is 0 Å². The fourth-order valence-electron chi connectivity index (χ4n) is 2.35. The number of rotatable bonds is 2. The van der Waals surface area contributed by atoms with Crippen molar-refractivity contribution in [2.24, 2.45) is 5.73 Å². The van der Waals surface area contributed by atoms with Crippen molar-refractivity contribution in [3.8, 4) is 0 Å². The summed E-state index contributed by atoms with van der Waals surface area (Å²) >= 11 is 0. The molecule has 0 radical (unpaired) electrons. The minimum Gasteiger partial charge on any atom is -0.324 e. The molecule has 20 heavy (non-hydrogen) atoms. The molecule has 0 aliphatic carbocycles. The molecule has 1 unspecified atom stereocenters. The lowest BCUT2D eigenvalue weighted by atomic mass is 10.1. The van der Waals surface area contributed by atoms with E-state index in [2.05, 4.69) is 0 Å². The molecule has 2 aromatic carbocycles. The van der Waals surface area contributed by atoms with E-state index in [1.165, 1.54) is 4.90 Å². The van der Waals surface area contributed by atoms with Gasteiger partial charge < -0.3 is 5.73 Å². The minimum atomic E-state index is -0.279. The highest BCUT2D eigenvalue weighted by atomic mass is 16.2. The van der Waals surface area contributed by atoms with Crippen LogP contribution in [0, 0.1) is 0 Å². The molecule has 0 saturated heterocycles. The monoisotopic (exact) mass is 266 g/mol. The van der Waals surface area contributed by atoms with Crippen LogP contribution in [0.25, 0.3) is 0 Å². The summed E-state index contributed by atoms with van der Waals surface area (Å²) in [6.07, 6.45) is 0. The normalized spacial score (nSPS) is 15.4. The number of anilines is 1. The zero-order valence-electron chi connectivity index (χ0n) is 11.0. The van der Waals surface area contributed by atoms with Gasteiger partial charge in [-0.25, -0.2) is 4.90 Å². The van der Waals surface area contributed by atoms with E-state index < -0.39 is 0 Å². The number of benzene rings is 2. The molecule has 0 spiro atoms. The third-order valence-corrected chi connectivity index (χ3v) is 3.47. The van der Waals surface area contributed by atoms with Crippen molar-refractivity contribution in [3.63, 3.8) is 0 Å². The van der Waals surface area contributed by atoms with Crippen LogP contribution in [0.15, 0.2) is 48.5 Å². The Morgan fingerprint density at radius 1 is 0.900 bits per heavy atom. The molecule has 2 N–H and O–H groups in total. The van der Waals surface area contributed by atoms with E-state index >= 15 is 0 Å². The molecule has 1 aliphatic heterocycles. The Labute approximate surface area is 116 Å². The largest absolute Gasteiger partial charge is 0.324 e. The van der Waals surface area contributed by atoms with Gasteiger partial charge in [-0.05, 0) is 36.8 Å². The molecule has 0 bridgehead atoms. The summed E-state index contributed by atoms with van der Waals surface area (Å²) in [5, 5.41) is 0. The third-order valence-electron chi connectivity index (χ3n) is 3.47. The molecular formula is C16H14N2O2. The van der Waals surface area contributed by atoms with Crippen molar-refractivity contribution in [1.29, 1.82) is 0 Å². The molecule has 2 aromatic rings. The third kappa shape index (κ3) is 1.82. The first kappa shape index (κ1) is 12.6. The van der Waals surface area contributed by atoms with Crippen LogP contribution in [0.2, 0.25) is 0 Å². The fraction of sp³-hybridized carbons (Fsp3) is 0.125. The van der Waals surface area contributed by atoms with Crippen molar-refractivity contribution >= 4 is 17.5 Å². The molecule has 4 heteroatoms. The number of imide groups is 1. The Hall–Kier alpha value is -2.46. The average Bonchev–Trinajstić information content (AvgIpc) is 2.72. The molecule has 0 fully saturated rings. The van der Waals surface area contributed by atoms with E-state index in [4.69, 9.17) is 5.73 Å². The van der Waals surface area contributed by atoms with Crippen LogP contribution in [0.5, 0.6) is 0 Å². The SMILES string of the molecule is CC(N)c1ccc(N2C(=O)c3ccccc3C2=O)cc1. The van der Waals surface area contributed by atoms with Gasteiger partial charge >= 0.3 is 0 Å². The first-order valence-electron chi connectivity index (χ1n) is 6.43. The molecule has 1 atom stereocenters. The predicted octanol–water partition coefficient (Wildman–Crippen LogP) is 2.51. The first-order chi connectivity index (χ1) is 9.59. The van der Waals surface area contributed by atoms with Crippen LogP contribution in [0.4, 0.5) is 5.69 Å². The lowest BCUT2D eigenvalue weighted by Gasteiger charge is -2.15.